The van der Waals surface area contributed by atoms with Crippen molar-refractivity contribution in [3.05, 3.63) is 76.5 Å². The summed E-state index contributed by atoms with van der Waals surface area (Å²) in [6, 6.07) is 13.9. The van der Waals surface area contributed by atoms with Crippen LogP contribution in [0.5, 0.6) is 28.7 Å². The van der Waals surface area contributed by atoms with E-state index in [2.05, 4.69) is 0 Å². The van der Waals surface area contributed by atoms with Gasteiger partial charge in [-0.05, 0) is 30.3 Å². The number of benzene rings is 3. The van der Waals surface area contributed by atoms with Gasteiger partial charge in [0.05, 0.1) is 12.7 Å². The van der Waals surface area contributed by atoms with Crippen molar-refractivity contribution in [1.82, 2.24) is 0 Å². The summed E-state index contributed by atoms with van der Waals surface area (Å²) in [6.07, 6.45) is -8.65. The molecule has 0 radical (unpaired) electrons. The molecule has 13 nitrogen and oxygen atoms in total. The maximum atomic E-state index is 13.6. The van der Waals surface area contributed by atoms with Crippen LogP contribution in [0, 0.1) is 0 Å². The monoisotopic (exact) mass is 582 g/mol. The number of aromatic hydroxyl groups is 3. The zero-order valence-electron chi connectivity index (χ0n) is 21.9. The highest BCUT2D eigenvalue weighted by Crippen LogP contribution is 2.39. The maximum absolute atomic E-state index is 13.6. The van der Waals surface area contributed by atoms with Crippen molar-refractivity contribution in [2.24, 2.45) is 0 Å². The highest BCUT2D eigenvalue weighted by atomic mass is 16.7. The largest absolute Gasteiger partial charge is 0.508 e. The van der Waals surface area contributed by atoms with Gasteiger partial charge in [-0.2, -0.15) is 0 Å². The van der Waals surface area contributed by atoms with E-state index in [4.69, 9.17) is 23.4 Å². The van der Waals surface area contributed by atoms with Crippen LogP contribution in [0.4, 0.5) is 0 Å². The highest BCUT2D eigenvalue weighted by Gasteiger charge is 2.46. The second kappa shape index (κ2) is 11.6. The number of aliphatic hydroxyl groups is 3. The van der Waals surface area contributed by atoms with E-state index in [9.17, 15) is 40.2 Å². The Morgan fingerprint density at radius 2 is 1.64 bits per heavy atom. The molecule has 5 rings (SSSR count). The molecule has 220 valence electrons. The number of carbonyl (C=O) groups excluding carboxylic acids is 1. The van der Waals surface area contributed by atoms with Crippen LogP contribution >= 0.6 is 0 Å². The van der Waals surface area contributed by atoms with E-state index in [1.807, 2.05) is 0 Å². The molecule has 3 aromatic carbocycles. The average molecular weight is 583 g/mol. The summed E-state index contributed by atoms with van der Waals surface area (Å²) < 4.78 is 27.6. The first-order chi connectivity index (χ1) is 20.1. The molecule has 13 heteroatoms. The second-order valence-corrected chi connectivity index (χ2v) is 9.41. The molecule has 0 bridgehead atoms. The van der Waals surface area contributed by atoms with Crippen LogP contribution in [0.1, 0.15) is 10.4 Å². The standard InChI is InChI=1S/C29H26O13/c1-38-18-9-14(7-8-16(18)31)26-27(23(34)21-17(32)10-15(30)11-19(21)40-26)42-29-25(36)24(35)22(33)20(41-29)12-39-28(37)13-5-3-2-4-6-13/h2-11,20,22,24-25,29-33,35-36H,12H2,1H3/t20-,22-,24+,25-,29+/m1/s1. The minimum absolute atomic E-state index is 0.00717. The van der Waals surface area contributed by atoms with E-state index in [-0.39, 0.29) is 39.4 Å². The molecule has 1 saturated heterocycles. The molecule has 42 heavy (non-hydrogen) atoms. The summed E-state index contributed by atoms with van der Waals surface area (Å²) >= 11 is 0. The van der Waals surface area contributed by atoms with Gasteiger partial charge in [0.1, 0.15) is 53.5 Å². The van der Waals surface area contributed by atoms with Gasteiger partial charge in [0, 0.05) is 17.7 Å². The van der Waals surface area contributed by atoms with Crippen LogP contribution in [-0.2, 0) is 9.47 Å². The van der Waals surface area contributed by atoms with Crippen molar-refractivity contribution in [2.45, 2.75) is 30.7 Å². The molecule has 1 aliphatic rings. The third-order valence-corrected chi connectivity index (χ3v) is 6.65. The number of methoxy groups -OCH3 is 1. The predicted octanol–water partition coefficient (Wildman–Crippen LogP) is 1.63. The number of ether oxygens (including phenoxy) is 4. The molecule has 0 unspecified atom stereocenters. The van der Waals surface area contributed by atoms with Crippen LogP contribution in [-0.4, -0.2) is 81.0 Å². The Hall–Kier alpha value is -4.82. The van der Waals surface area contributed by atoms with Gasteiger partial charge in [-0.25, -0.2) is 4.79 Å². The Kier molecular flexibility index (Phi) is 7.91. The lowest BCUT2D eigenvalue weighted by molar-refractivity contribution is -0.277. The van der Waals surface area contributed by atoms with E-state index in [1.165, 1.54) is 37.4 Å². The molecule has 0 spiro atoms. The summed E-state index contributed by atoms with van der Waals surface area (Å²) in [6.45, 7) is -0.549. The quantitative estimate of drug-likeness (QED) is 0.172. The Balaban J connectivity index is 1.52. The molecule has 4 aromatic rings. The molecular formula is C29H26O13. The van der Waals surface area contributed by atoms with Crippen molar-refractivity contribution in [1.29, 1.82) is 0 Å². The minimum Gasteiger partial charge on any atom is -0.508 e. The van der Waals surface area contributed by atoms with Crippen LogP contribution in [0.2, 0.25) is 0 Å². The molecular weight excluding hydrogens is 556 g/mol. The lowest BCUT2D eigenvalue weighted by Crippen LogP contribution is -2.60. The molecule has 2 heterocycles. The topological polar surface area (TPSA) is 206 Å². The number of hydrogen-bond donors (Lipinski definition) is 6. The van der Waals surface area contributed by atoms with Gasteiger partial charge in [0.15, 0.2) is 17.3 Å². The first-order valence-corrected chi connectivity index (χ1v) is 12.6. The van der Waals surface area contributed by atoms with Crippen molar-refractivity contribution in [3.8, 4) is 40.1 Å². The van der Waals surface area contributed by atoms with E-state index in [0.29, 0.717) is 0 Å². The van der Waals surface area contributed by atoms with Gasteiger partial charge in [-0.1, -0.05) is 18.2 Å². The van der Waals surface area contributed by atoms with E-state index in [1.54, 1.807) is 18.2 Å². The number of phenolic OH excluding ortho intramolecular Hbond substituents is 3. The normalized spacial score (nSPS) is 22.0. The third kappa shape index (κ3) is 5.41. The minimum atomic E-state index is -1.90. The molecule has 1 fully saturated rings. The number of phenols is 3. The molecule has 0 amide bonds. The SMILES string of the molecule is COc1cc(-c2oc3cc(O)cc(O)c3c(=O)c2O[C@@H]2O[C@H](COC(=O)c3ccccc3)[C@@H](O)[C@H](O)[C@H]2O)ccc1O. The number of aliphatic hydroxyl groups excluding tert-OH is 3. The Labute approximate surface area is 236 Å². The van der Waals surface area contributed by atoms with Gasteiger partial charge in [0.2, 0.25) is 17.5 Å². The van der Waals surface area contributed by atoms with Crippen molar-refractivity contribution >= 4 is 16.9 Å². The van der Waals surface area contributed by atoms with E-state index >= 15 is 0 Å². The molecule has 0 aliphatic carbocycles. The third-order valence-electron chi connectivity index (χ3n) is 6.65. The van der Waals surface area contributed by atoms with Gasteiger partial charge < -0.3 is 54.0 Å². The van der Waals surface area contributed by atoms with Crippen molar-refractivity contribution in [2.75, 3.05) is 13.7 Å². The fraction of sp³-hybridized carbons (Fsp3) is 0.241. The van der Waals surface area contributed by atoms with E-state index < -0.39 is 66.0 Å². The van der Waals surface area contributed by atoms with Crippen LogP contribution in [0.3, 0.4) is 0 Å². The first kappa shape index (κ1) is 28.7. The Bertz CT molecular complexity index is 1670. The summed E-state index contributed by atoms with van der Waals surface area (Å²) in [4.78, 5) is 26.0. The molecule has 1 aliphatic heterocycles. The summed E-state index contributed by atoms with van der Waals surface area (Å²) in [5, 5.41) is 61.7. The van der Waals surface area contributed by atoms with E-state index in [0.717, 1.165) is 12.1 Å². The Morgan fingerprint density at radius 3 is 2.36 bits per heavy atom. The fourth-order valence-electron chi connectivity index (χ4n) is 4.47. The van der Waals surface area contributed by atoms with Crippen LogP contribution < -0.4 is 14.9 Å². The number of carbonyl (C=O) groups is 1. The smallest absolute Gasteiger partial charge is 0.338 e. The van der Waals surface area contributed by atoms with Gasteiger partial charge in [-0.15, -0.1) is 0 Å². The van der Waals surface area contributed by atoms with Crippen LogP contribution in [0.25, 0.3) is 22.3 Å². The number of hydrogen-bond acceptors (Lipinski definition) is 13. The lowest BCUT2D eigenvalue weighted by Gasteiger charge is -2.39. The highest BCUT2D eigenvalue weighted by molar-refractivity contribution is 5.89. The number of rotatable bonds is 7. The van der Waals surface area contributed by atoms with Gasteiger partial charge in [-0.3, -0.25) is 4.79 Å². The van der Waals surface area contributed by atoms with Crippen LogP contribution in [0.15, 0.2) is 69.9 Å². The fourth-order valence-corrected chi connectivity index (χ4v) is 4.47. The van der Waals surface area contributed by atoms with Crippen molar-refractivity contribution < 1.29 is 58.8 Å². The van der Waals surface area contributed by atoms with Gasteiger partial charge >= 0.3 is 5.97 Å². The molecule has 1 aromatic heterocycles. The molecule has 0 saturated carbocycles. The first-order valence-electron chi connectivity index (χ1n) is 12.6. The summed E-state index contributed by atoms with van der Waals surface area (Å²) in [5.74, 6) is -2.86. The summed E-state index contributed by atoms with van der Waals surface area (Å²) in [5.41, 5.74) is -0.803. The predicted molar refractivity (Wildman–Crippen MR) is 144 cm³/mol. The van der Waals surface area contributed by atoms with Gasteiger partial charge in [0.25, 0.3) is 0 Å². The maximum Gasteiger partial charge on any atom is 0.338 e. The number of esters is 1. The summed E-state index contributed by atoms with van der Waals surface area (Å²) in [7, 11) is 1.30. The molecule has 6 N–H and O–H groups in total. The zero-order valence-corrected chi connectivity index (χ0v) is 21.9. The Morgan fingerprint density at radius 1 is 0.905 bits per heavy atom. The second-order valence-electron chi connectivity index (χ2n) is 9.41. The lowest BCUT2D eigenvalue weighted by atomic mass is 9.99. The molecule has 5 atom stereocenters. The van der Waals surface area contributed by atoms with Crippen molar-refractivity contribution in [3.63, 3.8) is 0 Å². The zero-order chi connectivity index (χ0) is 30.1. The number of fused-ring (bicyclic) bond motifs is 1. The average Bonchev–Trinajstić information content (AvgIpc) is 2.98.